The molecule has 0 unspecified atom stereocenters. The molecule has 2 aromatic carbocycles. The van der Waals surface area contributed by atoms with E-state index in [2.05, 4.69) is 26.1 Å². The maximum Gasteiger partial charge on any atom is 0.271 e. The normalized spacial score (nSPS) is 11.1. The predicted octanol–water partition coefficient (Wildman–Crippen LogP) is 1.83. The molecule has 9 nitrogen and oxygen atoms in total. The first kappa shape index (κ1) is 18.1. The van der Waals surface area contributed by atoms with Crippen LogP contribution in [0.5, 0.6) is 11.5 Å². The zero-order valence-electron chi connectivity index (χ0n) is 15.1. The number of tetrazole rings is 1. The van der Waals surface area contributed by atoms with Crippen LogP contribution in [0.25, 0.3) is 5.69 Å². The average Bonchev–Trinajstić information content (AvgIpc) is 3.26. The zero-order chi connectivity index (χ0) is 19.2. The quantitative estimate of drug-likeness (QED) is 0.527. The van der Waals surface area contributed by atoms with Crippen molar-refractivity contribution in [2.75, 3.05) is 14.2 Å². The van der Waals surface area contributed by atoms with Gasteiger partial charge < -0.3 is 9.47 Å². The molecule has 0 aliphatic carbocycles. The molecule has 0 aliphatic heterocycles. The fourth-order valence-corrected chi connectivity index (χ4v) is 2.34. The summed E-state index contributed by atoms with van der Waals surface area (Å²) in [4.78, 5) is 12.4. The van der Waals surface area contributed by atoms with Crippen LogP contribution in [-0.2, 0) is 0 Å². The van der Waals surface area contributed by atoms with Crippen LogP contribution in [0.1, 0.15) is 22.8 Å². The van der Waals surface area contributed by atoms with Gasteiger partial charge in [0, 0.05) is 11.6 Å². The molecule has 138 valence electrons. The van der Waals surface area contributed by atoms with Crippen LogP contribution in [0, 0.1) is 0 Å². The Morgan fingerprint density at radius 3 is 2.26 bits per heavy atom. The molecule has 0 aliphatic rings. The number of nitrogens with zero attached hydrogens (tertiary/aromatic N) is 5. The number of amides is 1. The summed E-state index contributed by atoms with van der Waals surface area (Å²) in [5.74, 6) is 0.689. The van der Waals surface area contributed by atoms with Gasteiger partial charge in [-0.2, -0.15) is 5.10 Å². The first-order valence-electron chi connectivity index (χ1n) is 8.02. The summed E-state index contributed by atoms with van der Waals surface area (Å²) in [5.41, 5.74) is 5.26. The number of rotatable bonds is 6. The van der Waals surface area contributed by atoms with Gasteiger partial charge >= 0.3 is 0 Å². The van der Waals surface area contributed by atoms with Gasteiger partial charge in [-0.05, 0) is 47.2 Å². The molecule has 1 aromatic heterocycles. The molecule has 1 heterocycles. The third-order valence-corrected chi connectivity index (χ3v) is 3.84. The minimum absolute atomic E-state index is 0.364. The van der Waals surface area contributed by atoms with Gasteiger partial charge in [-0.3, -0.25) is 4.79 Å². The first-order chi connectivity index (χ1) is 13.1. The number of ether oxygens (including phenoxy) is 2. The maximum absolute atomic E-state index is 12.4. The average molecular weight is 366 g/mol. The van der Waals surface area contributed by atoms with Crippen molar-refractivity contribution in [2.45, 2.75) is 6.92 Å². The summed E-state index contributed by atoms with van der Waals surface area (Å²) in [6, 6.07) is 12.4. The van der Waals surface area contributed by atoms with E-state index in [0.29, 0.717) is 22.8 Å². The molecule has 0 fully saturated rings. The van der Waals surface area contributed by atoms with Gasteiger partial charge in [0.1, 0.15) is 17.8 Å². The molecule has 0 spiro atoms. The van der Waals surface area contributed by atoms with Crippen LogP contribution < -0.4 is 14.9 Å². The summed E-state index contributed by atoms with van der Waals surface area (Å²) >= 11 is 0. The Morgan fingerprint density at radius 2 is 1.70 bits per heavy atom. The second-order valence-electron chi connectivity index (χ2n) is 5.54. The molecule has 3 aromatic rings. The number of nitrogens with one attached hydrogen (secondary N) is 1. The van der Waals surface area contributed by atoms with Crippen molar-refractivity contribution in [1.82, 2.24) is 25.6 Å². The highest BCUT2D eigenvalue weighted by atomic mass is 16.5. The van der Waals surface area contributed by atoms with E-state index in [-0.39, 0.29) is 5.91 Å². The Kier molecular flexibility index (Phi) is 5.41. The van der Waals surface area contributed by atoms with Gasteiger partial charge in [0.05, 0.1) is 25.6 Å². The Morgan fingerprint density at radius 1 is 1.04 bits per heavy atom. The lowest BCUT2D eigenvalue weighted by atomic mass is 10.1. The Hall–Kier alpha value is -3.75. The maximum atomic E-state index is 12.4. The minimum Gasteiger partial charge on any atom is -0.497 e. The molecule has 3 rings (SSSR count). The van der Waals surface area contributed by atoms with Crippen molar-refractivity contribution in [2.24, 2.45) is 5.10 Å². The van der Waals surface area contributed by atoms with Crippen LogP contribution >= 0.6 is 0 Å². The van der Waals surface area contributed by atoms with Gasteiger partial charge in [-0.15, -0.1) is 5.10 Å². The second-order valence-corrected chi connectivity index (χ2v) is 5.54. The SMILES string of the molecule is COc1cc(OC)cc(C(=O)N/N=C(\C)c2ccc(-n3cnnn3)cc2)c1. The van der Waals surface area contributed by atoms with Crippen molar-refractivity contribution >= 4 is 11.6 Å². The highest BCUT2D eigenvalue weighted by Crippen LogP contribution is 2.22. The number of carbonyl (C=O) groups excluding carboxylic acids is 1. The fraction of sp³-hybridized carbons (Fsp3) is 0.167. The van der Waals surface area contributed by atoms with E-state index < -0.39 is 0 Å². The third kappa shape index (κ3) is 4.27. The minimum atomic E-state index is -0.364. The predicted molar refractivity (Wildman–Crippen MR) is 98.4 cm³/mol. The molecule has 0 atom stereocenters. The Labute approximate surface area is 155 Å². The molecular formula is C18H18N6O3. The van der Waals surface area contributed by atoms with Gasteiger partial charge in [0.15, 0.2) is 0 Å². The molecule has 0 saturated carbocycles. The third-order valence-electron chi connectivity index (χ3n) is 3.84. The van der Waals surface area contributed by atoms with Crippen molar-refractivity contribution < 1.29 is 14.3 Å². The van der Waals surface area contributed by atoms with Gasteiger partial charge in [0.2, 0.25) is 0 Å². The molecule has 0 bridgehead atoms. The van der Waals surface area contributed by atoms with Crippen molar-refractivity contribution in [3.8, 4) is 17.2 Å². The van der Waals surface area contributed by atoms with Crippen LogP contribution in [-0.4, -0.2) is 46.0 Å². The summed E-state index contributed by atoms with van der Waals surface area (Å²) in [6.07, 6.45) is 1.51. The summed E-state index contributed by atoms with van der Waals surface area (Å²) < 4.78 is 11.9. The van der Waals surface area contributed by atoms with Crippen LogP contribution in [0.4, 0.5) is 0 Å². The standard InChI is InChI=1S/C18H18N6O3/c1-12(13-4-6-15(7-5-13)24-11-19-22-23-24)20-21-18(25)14-8-16(26-2)10-17(9-14)27-3/h4-11H,1-3H3,(H,21,25)/b20-12+. The highest BCUT2D eigenvalue weighted by Gasteiger charge is 2.10. The van der Waals surface area contributed by atoms with Crippen LogP contribution in [0.2, 0.25) is 0 Å². The van der Waals surface area contributed by atoms with E-state index in [1.54, 1.807) is 29.8 Å². The zero-order valence-corrected chi connectivity index (χ0v) is 15.1. The van der Waals surface area contributed by atoms with Gasteiger partial charge in [0.25, 0.3) is 5.91 Å². The fourth-order valence-electron chi connectivity index (χ4n) is 2.34. The lowest BCUT2D eigenvalue weighted by Gasteiger charge is -2.08. The molecule has 1 amide bonds. The summed E-state index contributed by atoms with van der Waals surface area (Å²) in [6.45, 7) is 1.80. The lowest BCUT2D eigenvalue weighted by Crippen LogP contribution is -2.19. The van der Waals surface area contributed by atoms with E-state index in [4.69, 9.17) is 9.47 Å². The number of carbonyl (C=O) groups is 1. The second kappa shape index (κ2) is 8.09. The number of hydrogen-bond acceptors (Lipinski definition) is 7. The number of methoxy groups -OCH3 is 2. The molecule has 27 heavy (non-hydrogen) atoms. The van der Waals surface area contributed by atoms with Gasteiger partial charge in [-0.1, -0.05) is 12.1 Å². The van der Waals surface area contributed by atoms with Crippen LogP contribution in [0.15, 0.2) is 53.9 Å². The van der Waals surface area contributed by atoms with E-state index in [0.717, 1.165) is 11.3 Å². The molecule has 0 saturated heterocycles. The number of aromatic nitrogens is 4. The lowest BCUT2D eigenvalue weighted by molar-refractivity contribution is 0.0954. The molecule has 0 radical (unpaired) electrons. The summed E-state index contributed by atoms with van der Waals surface area (Å²) in [7, 11) is 3.05. The highest BCUT2D eigenvalue weighted by molar-refractivity contribution is 6.01. The molecule has 1 N–H and O–H groups in total. The van der Waals surface area contributed by atoms with E-state index in [1.807, 2.05) is 24.3 Å². The van der Waals surface area contributed by atoms with Crippen molar-refractivity contribution in [3.05, 3.63) is 59.9 Å². The van der Waals surface area contributed by atoms with Crippen LogP contribution in [0.3, 0.4) is 0 Å². The molecular weight excluding hydrogens is 348 g/mol. The largest absolute Gasteiger partial charge is 0.497 e. The topological polar surface area (TPSA) is 104 Å². The number of benzene rings is 2. The van der Waals surface area contributed by atoms with Crippen molar-refractivity contribution in [1.29, 1.82) is 0 Å². The summed E-state index contributed by atoms with van der Waals surface area (Å²) in [5, 5.41) is 15.2. The van der Waals surface area contributed by atoms with Crippen molar-refractivity contribution in [3.63, 3.8) is 0 Å². The smallest absolute Gasteiger partial charge is 0.271 e. The van der Waals surface area contributed by atoms with Gasteiger partial charge in [-0.25, -0.2) is 10.1 Å². The molecule has 9 heteroatoms. The first-order valence-corrected chi connectivity index (χ1v) is 8.02. The van der Waals surface area contributed by atoms with E-state index in [9.17, 15) is 4.79 Å². The Balaban J connectivity index is 1.72. The van der Waals surface area contributed by atoms with E-state index >= 15 is 0 Å². The Bertz CT molecular complexity index is 929. The monoisotopic (exact) mass is 366 g/mol. The van der Waals surface area contributed by atoms with E-state index in [1.165, 1.54) is 20.5 Å². The number of hydrogen-bond donors (Lipinski definition) is 1. The number of hydrazone groups is 1.